The molecule has 1 aromatic carbocycles. The summed E-state index contributed by atoms with van der Waals surface area (Å²) in [6.45, 7) is 16.0. The normalized spacial score (nSPS) is 22.9. The summed E-state index contributed by atoms with van der Waals surface area (Å²) in [4.78, 5) is 16.9. The second kappa shape index (κ2) is 8.92. The van der Waals surface area contributed by atoms with Crippen molar-refractivity contribution in [1.29, 1.82) is 0 Å². The molecule has 1 unspecified atom stereocenters. The first-order valence-corrected chi connectivity index (χ1v) is 11.5. The van der Waals surface area contributed by atoms with Gasteiger partial charge in [0.15, 0.2) is 0 Å². The number of halogens is 1. The summed E-state index contributed by atoms with van der Waals surface area (Å²) in [5.41, 5.74) is 4.17. The predicted octanol–water partition coefficient (Wildman–Crippen LogP) is 6.24. The zero-order chi connectivity index (χ0) is 22.1. The fourth-order valence-corrected chi connectivity index (χ4v) is 4.63. The first-order valence-electron chi connectivity index (χ1n) is 11.1. The molecule has 1 heterocycles. The number of piperazine rings is 1. The Kier molecular flexibility index (Phi) is 6.88. The molecule has 1 fully saturated rings. The molecule has 0 saturated carbocycles. The van der Waals surface area contributed by atoms with Crippen molar-refractivity contribution in [3.63, 3.8) is 0 Å². The highest BCUT2D eigenvalue weighted by Crippen LogP contribution is 2.43. The van der Waals surface area contributed by atoms with Gasteiger partial charge >= 0.3 is 6.09 Å². The van der Waals surface area contributed by atoms with Crippen molar-refractivity contribution in [2.45, 2.75) is 72.4 Å². The number of hydrogen-bond acceptors (Lipinski definition) is 3. The van der Waals surface area contributed by atoms with Crippen molar-refractivity contribution in [3.8, 4) is 0 Å². The number of carbonyl (C=O) groups excluding carboxylic acids is 1. The highest BCUT2D eigenvalue weighted by molar-refractivity contribution is 6.30. The van der Waals surface area contributed by atoms with Crippen LogP contribution < -0.4 is 0 Å². The maximum atomic E-state index is 12.5. The van der Waals surface area contributed by atoms with Crippen LogP contribution >= 0.6 is 11.6 Å². The van der Waals surface area contributed by atoms with E-state index in [1.54, 1.807) is 0 Å². The summed E-state index contributed by atoms with van der Waals surface area (Å²) in [6, 6.07) is 8.44. The van der Waals surface area contributed by atoms with Gasteiger partial charge in [0.2, 0.25) is 0 Å². The number of allylic oxidation sites excluding steroid dienone is 1. The van der Waals surface area contributed by atoms with E-state index >= 15 is 0 Å². The number of amides is 1. The van der Waals surface area contributed by atoms with E-state index in [1.807, 2.05) is 37.8 Å². The summed E-state index contributed by atoms with van der Waals surface area (Å²) in [6.07, 6.45) is 3.24. The molecule has 4 nitrogen and oxygen atoms in total. The molecule has 3 rings (SSSR count). The third kappa shape index (κ3) is 6.01. The Morgan fingerprint density at radius 1 is 1.20 bits per heavy atom. The first-order chi connectivity index (χ1) is 13.9. The summed E-state index contributed by atoms with van der Waals surface area (Å²) >= 11 is 6.13. The molecule has 0 aromatic heterocycles. The van der Waals surface area contributed by atoms with Crippen LogP contribution in [0, 0.1) is 5.41 Å². The fraction of sp³-hybridized carbons (Fsp3) is 0.640. The monoisotopic (exact) mass is 432 g/mol. The van der Waals surface area contributed by atoms with Crippen molar-refractivity contribution >= 4 is 23.3 Å². The molecule has 0 N–H and O–H groups in total. The van der Waals surface area contributed by atoms with Crippen LogP contribution in [-0.2, 0) is 4.74 Å². The van der Waals surface area contributed by atoms with Crippen LogP contribution in [0.3, 0.4) is 0 Å². The molecular formula is C25H37ClN2O2. The van der Waals surface area contributed by atoms with Crippen molar-refractivity contribution in [2.75, 3.05) is 26.2 Å². The molecule has 1 aliphatic carbocycles. The third-order valence-corrected chi connectivity index (χ3v) is 6.38. The van der Waals surface area contributed by atoms with Gasteiger partial charge in [-0.3, -0.25) is 4.90 Å². The van der Waals surface area contributed by atoms with Gasteiger partial charge in [0.05, 0.1) is 0 Å². The average Bonchev–Trinajstić information content (AvgIpc) is 2.62. The largest absolute Gasteiger partial charge is 0.444 e. The van der Waals surface area contributed by atoms with Gasteiger partial charge in [-0.15, -0.1) is 0 Å². The average molecular weight is 433 g/mol. The Bertz CT molecular complexity index is 792. The van der Waals surface area contributed by atoms with Gasteiger partial charge in [0.25, 0.3) is 0 Å². The van der Waals surface area contributed by atoms with Crippen LogP contribution in [-0.4, -0.2) is 53.7 Å². The lowest BCUT2D eigenvalue weighted by Crippen LogP contribution is -2.55. The minimum atomic E-state index is -0.457. The number of ether oxygens (including phenoxy) is 1. The van der Waals surface area contributed by atoms with Gasteiger partial charge in [-0.2, -0.15) is 0 Å². The Morgan fingerprint density at radius 3 is 2.47 bits per heavy atom. The lowest BCUT2D eigenvalue weighted by atomic mass is 9.72. The zero-order valence-electron chi connectivity index (χ0n) is 19.4. The van der Waals surface area contributed by atoms with Crippen LogP contribution in [0.4, 0.5) is 4.79 Å². The second-order valence-corrected chi connectivity index (χ2v) is 11.1. The van der Waals surface area contributed by atoms with E-state index in [1.165, 1.54) is 23.1 Å². The number of rotatable bonds is 3. The molecule has 1 aromatic rings. The summed E-state index contributed by atoms with van der Waals surface area (Å²) in [5.74, 6) is 0. The molecule has 1 saturated heterocycles. The van der Waals surface area contributed by atoms with E-state index in [4.69, 9.17) is 16.3 Å². The maximum Gasteiger partial charge on any atom is 0.410 e. The Hall–Kier alpha value is -1.52. The van der Waals surface area contributed by atoms with Gasteiger partial charge in [0, 0.05) is 37.2 Å². The van der Waals surface area contributed by atoms with Gasteiger partial charge in [-0.1, -0.05) is 43.2 Å². The van der Waals surface area contributed by atoms with Crippen LogP contribution in [0.25, 0.3) is 5.57 Å². The summed E-state index contributed by atoms with van der Waals surface area (Å²) < 4.78 is 5.59. The van der Waals surface area contributed by atoms with E-state index < -0.39 is 5.60 Å². The Morgan fingerprint density at radius 2 is 1.87 bits per heavy atom. The molecule has 5 heteroatoms. The van der Waals surface area contributed by atoms with Gasteiger partial charge in [0.1, 0.15) is 5.60 Å². The number of nitrogens with zero attached hydrogens (tertiary/aromatic N) is 2. The molecule has 0 bridgehead atoms. The molecular weight excluding hydrogens is 396 g/mol. The summed E-state index contributed by atoms with van der Waals surface area (Å²) in [5, 5.41) is 0.781. The number of hydrogen-bond donors (Lipinski definition) is 0. The highest BCUT2D eigenvalue weighted by atomic mass is 35.5. The molecule has 0 spiro atoms. The van der Waals surface area contributed by atoms with Crippen molar-refractivity contribution in [1.82, 2.24) is 9.80 Å². The molecule has 1 aliphatic heterocycles. The molecule has 0 radical (unpaired) electrons. The molecule has 166 valence electrons. The van der Waals surface area contributed by atoms with E-state index in [9.17, 15) is 4.79 Å². The fourth-order valence-electron chi connectivity index (χ4n) is 4.50. The molecule has 30 heavy (non-hydrogen) atoms. The van der Waals surface area contributed by atoms with Crippen molar-refractivity contribution in [3.05, 3.63) is 40.4 Å². The van der Waals surface area contributed by atoms with Crippen LogP contribution in [0.1, 0.15) is 66.4 Å². The third-order valence-electron chi connectivity index (χ3n) is 6.13. The topological polar surface area (TPSA) is 32.8 Å². The molecule has 1 amide bonds. The van der Waals surface area contributed by atoms with Gasteiger partial charge in [-0.25, -0.2) is 4.79 Å². The predicted molar refractivity (Wildman–Crippen MR) is 125 cm³/mol. The second-order valence-electron chi connectivity index (χ2n) is 10.7. The lowest BCUT2D eigenvalue weighted by Gasteiger charge is -2.42. The van der Waals surface area contributed by atoms with Crippen LogP contribution in [0.15, 0.2) is 29.8 Å². The van der Waals surface area contributed by atoms with Gasteiger partial charge < -0.3 is 9.64 Å². The first kappa shape index (κ1) is 23.1. The van der Waals surface area contributed by atoms with Crippen LogP contribution in [0.5, 0.6) is 0 Å². The van der Waals surface area contributed by atoms with E-state index in [0.717, 1.165) is 37.5 Å². The Labute approximate surface area is 187 Å². The van der Waals surface area contributed by atoms with Crippen molar-refractivity contribution in [2.24, 2.45) is 5.41 Å². The highest BCUT2D eigenvalue weighted by Gasteiger charge is 2.33. The van der Waals surface area contributed by atoms with Crippen molar-refractivity contribution < 1.29 is 9.53 Å². The SMILES string of the molecule is CC1CN(CC2=C(c3ccc(Cl)cc3)CC(C)(C)CC2)CCN1C(=O)OC(C)(C)C. The lowest BCUT2D eigenvalue weighted by molar-refractivity contribution is 0.00239. The minimum Gasteiger partial charge on any atom is -0.444 e. The number of benzene rings is 1. The van der Waals surface area contributed by atoms with Gasteiger partial charge in [-0.05, 0) is 75.6 Å². The Balaban J connectivity index is 1.72. The quantitative estimate of drug-likeness (QED) is 0.566. The molecule has 1 atom stereocenters. The van der Waals surface area contributed by atoms with Crippen LogP contribution in [0.2, 0.25) is 5.02 Å². The number of carbonyl (C=O) groups is 1. The zero-order valence-corrected chi connectivity index (χ0v) is 20.2. The van der Waals surface area contributed by atoms with E-state index in [2.05, 4.69) is 37.8 Å². The molecule has 2 aliphatic rings. The maximum absolute atomic E-state index is 12.5. The van der Waals surface area contributed by atoms with E-state index in [0.29, 0.717) is 12.0 Å². The summed E-state index contributed by atoms with van der Waals surface area (Å²) in [7, 11) is 0. The standard InChI is InChI=1S/C25H37ClN2O2/c1-18-16-27(13-14-28(18)23(29)30-24(2,3)4)17-20-11-12-25(5,6)15-22(20)19-7-9-21(26)10-8-19/h7-10,18H,11-17H2,1-6H3. The smallest absolute Gasteiger partial charge is 0.410 e. The van der Waals surface area contributed by atoms with E-state index in [-0.39, 0.29) is 12.1 Å². The minimum absolute atomic E-state index is 0.146.